The number of aromatic nitrogens is 3. The number of para-hydroxylation sites is 1. The fourth-order valence-corrected chi connectivity index (χ4v) is 4.20. The van der Waals surface area contributed by atoms with Gasteiger partial charge in [-0.3, -0.25) is 4.98 Å². The van der Waals surface area contributed by atoms with Gasteiger partial charge in [0.2, 0.25) is 11.4 Å². The van der Waals surface area contributed by atoms with Crippen molar-refractivity contribution in [1.29, 1.82) is 0 Å². The fourth-order valence-electron chi connectivity index (χ4n) is 4.20. The molecule has 0 aliphatic heterocycles. The van der Waals surface area contributed by atoms with Crippen LogP contribution in [0.3, 0.4) is 0 Å². The van der Waals surface area contributed by atoms with Crippen LogP contribution in [0, 0.1) is 27.5 Å². The molecule has 0 aliphatic rings. The van der Waals surface area contributed by atoms with Crippen molar-refractivity contribution >= 4 is 44.1 Å². The lowest BCUT2D eigenvalue weighted by Crippen LogP contribution is -2.31. The van der Waals surface area contributed by atoms with Gasteiger partial charge in [-0.25, -0.2) is 9.55 Å². The summed E-state index contributed by atoms with van der Waals surface area (Å²) >= 11 is 0. The first-order valence-electron chi connectivity index (χ1n) is 14.2. The van der Waals surface area contributed by atoms with E-state index >= 15 is 0 Å². The third-order valence-corrected chi connectivity index (χ3v) is 5.65. The molecule has 0 amide bonds. The number of pyridine rings is 3. The number of benzene rings is 1. The van der Waals surface area contributed by atoms with Gasteiger partial charge >= 0.3 is 0 Å². The van der Waals surface area contributed by atoms with Crippen molar-refractivity contribution < 1.29 is 25.7 Å². The largest absolute Gasteiger partial charge is 0.454 e. The van der Waals surface area contributed by atoms with Gasteiger partial charge in [-0.2, -0.15) is 0 Å². The molecule has 5 heterocycles. The second-order valence-electron chi connectivity index (χ2n) is 7.61. The second kappa shape index (κ2) is 6.14. The average molecular weight is 418 g/mol. The van der Waals surface area contributed by atoms with Crippen molar-refractivity contribution in [2.45, 2.75) is 27.5 Å². The van der Waals surface area contributed by atoms with Crippen LogP contribution in [-0.4, -0.2) is 9.97 Å². The summed E-state index contributed by atoms with van der Waals surface area (Å²) in [7, 11) is 1.58. The number of hydrogen-bond acceptors (Lipinski definition) is 4. The number of rotatable bonds is 1. The first kappa shape index (κ1) is 11.0. The monoisotopic (exact) mass is 417 g/mol. The Morgan fingerprint density at radius 1 is 0.903 bits per heavy atom. The molecule has 31 heavy (non-hydrogen) atoms. The summed E-state index contributed by atoms with van der Waals surface area (Å²) in [5.74, 6) is 0. The lowest BCUT2D eigenvalue weighted by molar-refractivity contribution is -0.660. The SMILES string of the molecule is [2H]C([2H])([2H])c1cc(-c2c(C)nc(C([2H])([2H])[2H])c3c2oc2nc4c(cc23)oc2ccccc24)[n+](C)cc1C([2H])([2H])[2H]. The molecule has 0 N–H and O–H groups in total. The van der Waals surface area contributed by atoms with Crippen molar-refractivity contribution in [3.63, 3.8) is 0 Å². The Labute approximate surface area is 191 Å². The summed E-state index contributed by atoms with van der Waals surface area (Å²) in [4.78, 5) is 9.13. The van der Waals surface area contributed by atoms with Gasteiger partial charge in [-0.05, 0) is 51.2 Å². The predicted octanol–water partition coefficient (Wildman–Crippen LogP) is 6.00. The summed E-state index contributed by atoms with van der Waals surface area (Å²) in [6, 6.07) is 10.3. The normalized spacial score (nSPS) is 17.5. The first-order chi connectivity index (χ1) is 18.6. The number of fused-ring (bicyclic) bond motifs is 6. The summed E-state index contributed by atoms with van der Waals surface area (Å²) in [5, 5.41) is 1.33. The molecule has 0 unspecified atom stereocenters. The molecular formula is C26H22N3O2+. The Morgan fingerprint density at radius 2 is 1.77 bits per heavy atom. The van der Waals surface area contributed by atoms with Gasteiger partial charge < -0.3 is 8.83 Å². The van der Waals surface area contributed by atoms with Crippen LogP contribution < -0.4 is 4.57 Å². The van der Waals surface area contributed by atoms with Crippen molar-refractivity contribution in [3.05, 3.63) is 65.1 Å². The van der Waals surface area contributed by atoms with Gasteiger partial charge in [-0.1, -0.05) is 12.1 Å². The van der Waals surface area contributed by atoms with E-state index in [0.29, 0.717) is 33.3 Å². The van der Waals surface area contributed by atoms with Crippen molar-refractivity contribution in [2.75, 3.05) is 0 Å². The number of hydrogen-bond donors (Lipinski definition) is 0. The minimum absolute atomic E-state index is 0.145. The van der Waals surface area contributed by atoms with Crippen molar-refractivity contribution in [2.24, 2.45) is 7.05 Å². The van der Waals surface area contributed by atoms with Crippen molar-refractivity contribution in [3.8, 4) is 11.3 Å². The molecule has 5 aromatic heterocycles. The van der Waals surface area contributed by atoms with E-state index in [1.807, 2.05) is 18.2 Å². The zero-order valence-electron chi connectivity index (χ0n) is 25.7. The Morgan fingerprint density at radius 3 is 2.61 bits per heavy atom. The molecular weight excluding hydrogens is 386 g/mol. The lowest BCUT2D eigenvalue weighted by Gasteiger charge is -2.08. The number of nitrogens with zero attached hydrogens (tertiary/aromatic N) is 3. The minimum Gasteiger partial charge on any atom is -0.454 e. The van der Waals surface area contributed by atoms with Crippen LogP contribution in [0.1, 0.15) is 34.9 Å². The predicted molar refractivity (Wildman–Crippen MR) is 122 cm³/mol. The van der Waals surface area contributed by atoms with E-state index < -0.39 is 20.6 Å². The van der Waals surface area contributed by atoms with Gasteiger partial charge in [0.25, 0.3) is 0 Å². The van der Waals surface area contributed by atoms with E-state index in [0.717, 1.165) is 5.39 Å². The highest BCUT2D eigenvalue weighted by Crippen LogP contribution is 2.39. The Hall–Kier alpha value is -3.73. The van der Waals surface area contributed by atoms with Crippen LogP contribution in [0.25, 0.3) is 55.4 Å². The minimum atomic E-state index is -2.73. The van der Waals surface area contributed by atoms with Crippen LogP contribution in [0.15, 0.2) is 51.4 Å². The molecule has 5 heteroatoms. The van der Waals surface area contributed by atoms with Gasteiger partial charge in [0.1, 0.15) is 23.7 Å². The maximum Gasteiger partial charge on any atom is 0.228 e. The third-order valence-electron chi connectivity index (χ3n) is 5.65. The van der Waals surface area contributed by atoms with Crippen LogP contribution >= 0.6 is 0 Å². The van der Waals surface area contributed by atoms with Gasteiger partial charge in [0.15, 0.2) is 17.4 Å². The molecule has 0 aliphatic carbocycles. The average Bonchev–Trinajstić information content (AvgIpc) is 3.38. The van der Waals surface area contributed by atoms with E-state index in [1.165, 1.54) is 16.8 Å². The molecule has 5 nitrogen and oxygen atoms in total. The summed E-state index contributed by atoms with van der Waals surface area (Å²) in [6.45, 7) is -6.42. The molecule has 1 aromatic carbocycles. The standard InChI is InChI=1S/C26H22N3O2/c1-13-10-19(29(5)12-14(13)2)23-16(4)27-15(3)22-18-11-21-24(28-26(18)31-25(22)23)17-8-6-7-9-20(17)30-21/h6-12H,1-5H3/q+1/i1D3,2D3,3D3. The highest BCUT2D eigenvalue weighted by Gasteiger charge is 2.25. The van der Waals surface area contributed by atoms with E-state index in [9.17, 15) is 0 Å². The van der Waals surface area contributed by atoms with Gasteiger partial charge in [-0.15, -0.1) is 0 Å². The first-order valence-corrected chi connectivity index (χ1v) is 9.66. The van der Waals surface area contributed by atoms with E-state index in [-0.39, 0.29) is 39.2 Å². The molecule has 0 bridgehead atoms. The molecule has 0 saturated carbocycles. The van der Waals surface area contributed by atoms with E-state index in [4.69, 9.17) is 21.2 Å². The summed E-state index contributed by atoms with van der Waals surface area (Å²) in [5.41, 5.74) is 1.94. The molecule has 152 valence electrons. The Balaban J connectivity index is 1.76. The fraction of sp³-hybridized carbons (Fsp3) is 0.192. The molecule has 0 spiro atoms. The van der Waals surface area contributed by atoms with Gasteiger partial charge in [0.05, 0.1) is 16.5 Å². The van der Waals surface area contributed by atoms with Crippen molar-refractivity contribution in [1.82, 2.24) is 9.97 Å². The van der Waals surface area contributed by atoms with Crippen LogP contribution in [0.5, 0.6) is 0 Å². The topological polar surface area (TPSA) is 55.9 Å². The number of furan rings is 2. The third kappa shape index (κ3) is 2.46. The lowest BCUT2D eigenvalue weighted by atomic mass is 10.0. The highest BCUT2D eigenvalue weighted by molar-refractivity contribution is 6.14. The molecule has 6 rings (SSSR count). The number of aryl methyl sites for hydroxylation is 5. The van der Waals surface area contributed by atoms with E-state index in [2.05, 4.69) is 9.97 Å². The van der Waals surface area contributed by atoms with Gasteiger partial charge in [0, 0.05) is 35.0 Å². The molecule has 0 atom stereocenters. The molecule has 0 fully saturated rings. The Bertz CT molecular complexity index is 2000. The zero-order chi connectivity index (χ0) is 28.9. The smallest absolute Gasteiger partial charge is 0.228 e. The molecule has 6 aromatic rings. The summed E-state index contributed by atoms with van der Waals surface area (Å²) in [6.07, 6.45) is 1.26. The zero-order valence-corrected chi connectivity index (χ0v) is 16.7. The highest BCUT2D eigenvalue weighted by atomic mass is 16.3. The molecule has 0 saturated heterocycles. The van der Waals surface area contributed by atoms with E-state index in [1.54, 1.807) is 26.1 Å². The maximum atomic E-state index is 8.19. The Kier molecular flexibility index (Phi) is 2.19. The quantitative estimate of drug-likeness (QED) is 0.308. The van der Waals surface area contributed by atoms with Crippen LogP contribution in [-0.2, 0) is 7.05 Å². The maximum absolute atomic E-state index is 8.19. The van der Waals surface area contributed by atoms with Crippen LogP contribution in [0.2, 0.25) is 0 Å². The molecule has 0 radical (unpaired) electrons. The second-order valence-corrected chi connectivity index (χ2v) is 7.61. The van der Waals surface area contributed by atoms with Crippen LogP contribution in [0.4, 0.5) is 0 Å². The summed E-state index contributed by atoms with van der Waals surface area (Å²) < 4.78 is 86.0.